The van der Waals surface area contributed by atoms with Crippen molar-refractivity contribution in [3.05, 3.63) is 41.0 Å². The van der Waals surface area contributed by atoms with Crippen LogP contribution in [0.4, 0.5) is 18.9 Å². The van der Waals surface area contributed by atoms with Gasteiger partial charge in [-0.05, 0) is 35.6 Å². The van der Waals surface area contributed by atoms with Gasteiger partial charge in [0, 0.05) is 5.25 Å². The van der Waals surface area contributed by atoms with Crippen molar-refractivity contribution in [1.29, 1.82) is 0 Å². The number of pyridine rings is 1. The second-order valence-corrected chi connectivity index (χ2v) is 7.58. The van der Waals surface area contributed by atoms with Gasteiger partial charge in [0.05, 0.1) is 22.1 Å². The summed E-state index contributed by atoms with van der Waals surface area (Å²) in [4.78, 5) is 3.49. The van der Waals surface area contributed by atoms with Crippen LogP contribution >= 0.6 is 23.1 Å². The van der Waals surface area contributed by atoms with E-state index in [4.69, 9.17) is 0 Å². The Balaban J connectivity index is 1.79. The predicted molar refractivity (Wildman–Crippen MR) is 79.9 cm³/mol. The highest BCUT2D eigenvalue weighted by Crippen LogP contribution is 2.44. The number of thioether (sulfide) groups is 1. The lowest BCUT2D eigenvalue weighted by Gasteiger charge is -2.28. The first-order chi connectivity index (χ1) is 9.93. The minimum Gasteiger partial charge on any atom is -0.377 e. The molecule has 1 aliphatic rings. The highest BCUT2D eigenvalue weighted by molar-refractivity contribution is 8.01. The predicted octanol–water partition coefficient (Wildman–Crippen LogP) is 5.20. The number of nitrogens with zero attached hydrogens (tertiary/aromatic N) is 1. The maximum absolute atomic E-state index is 12.5. The van der Waals surface area contributed by atoms with E-state index in [0.717, 1.165) is 12.5 Å². The van der Waals surface area contributed by atoms with Gasteiger partial charge in [0.25, 0.3) is 0 Å². The zero-order valence-electron chi connectivity index (χ0n) is 11.1. The fraction of sp³-hybridized carbons (Fsp3) is 0.357. The number of thiophene rings is 1. The molecule has 2 aromatic rings. The Hall–Kier alpha value is -1.21. The molecule has 1 unspecified atom stereocenters. The van der Waals surface area contributed by atoms with Crippen LogP contribution in [-0.2, 0) is 6.18 Å². The van der Waals surface area contributed by atoms with Crippen LogP contribution in [0, 0.1) is 0 Å². The molecule has 3 heterocycles. The third kappa shape index (κ3) is 3.18. The van der Waals surface area contributed by atoms with Crippen molar-refractivity contribution < 1.29 is 13.2 Å². The van der Waals surface area contributed by atoms with Crippen molar-refractivity contribution in [2.24, 2.45) is 0 Å². The summed E-state index contributed by atoms with van der Waals surface area (Å²) in [7, 11) is 0. The van der Waals surface area contributed by atoms with Crippen molar-refractivity contribution in [2.75, 3.05) is 5.32 Å². The van der Waals surface area contributed by atoms with E-state index in [1.165, 1.54) is 22.0 Å². The summed E-state index contributed by atoms with van der Waals surface area (Å²) >= 11 is 3.56. The van der Waals surface area contributed by atoms with E-state index in [9.17, 15) is 13.2 Å². The Morgan fingerprint density at radius 3 is 2.76 bits per heavy atom. The first-order valence-electron chi connectivity index (χ1n) is 6.47. The lowest BCUT2D eigenvalue weighted by Crippen LogP contribution is -2.19. The molecule has 112 valence electrons. The van der Waals surface area contributed by atoms with E-state index in [2.05, 4.69) is 28.7 Å². The van der Waals surface area contributed by atoms with Crippen LogP contribution < -0.4 is 5.32 Å². The quantitative estimate of drug-likeness (QED) is 0.819. The van der Waals surface area contributed by atoms with Crippen LogP contribution in [0.1, 0.15) is 30.6 Å². The molecule has 2 nitrogen and oxygen atoms in total. The zero-order chi connectivity index (χ0) is 15.0. The number of halogens is 3. The molecule has 0 bridgehead atoms. The molecule has 2 aromatic heterocycles. The molecule has 2 atom stereocenters. The molecule has 1 N–H and O–H groups in total. The van der Waals surface area contributed by atoms with E-state index in [1.807, 2.05) is 11.8 Å². The standard InChI is InChI=1S/C14H13F3N2S2/c1-8-6-11(10-4-5-20-13(10)21-8)19-9-2-3-12(18-7-9)14(15,16)17/h2-5,7-8,11,19H,6H2,1H3/t8-,11?/m0/s1. The topological polar surface area (TPSA) is 24.9 Å². The molecule has 21 heavy (non-hydrogen) atoms. The Kier molecular flexibility index (Phi) is 3.88. The summed E-state index contributed by atoms with van der Waals surface area (Å²) in [6.07, 6.45) is -2.20. The Morgan fingerprint density at radius 1 is 1.29 bits per heavy atom. The van der Waals surface area contributed by atoms with E-state index in [-0.39, 0.29) is 6.04 Å². The number of hydrogen-bond acceptors (Lipinski definition) is 4. The van der Waals surface area contributed by atoms with Crippen molar-refractivity contribution >= 4 is 28.8 Å². The van der Waals surface area contributed by atoms with Crippen LogP contribution in [0.25, 0.3) is 0 Å². The van der Waals surface area contributed by atoms with Crippen LogP contribution in [0.5, 0.6) is 0 Å². The molecule has 0 saturated heterocycles. The Morgan fingerprint density at radius 2 is 2.10 bits per heavy atom. The summed E-state index contributed by atoms with van der Waals surface area (Å²) in [6.45, 7) is 2.16. The monoisotopic (exact) mass is 330 g/mol. The van der Waals surface area contributed by atoms with Crippen molar-refractivity contribution in [2.45, 2.75) is 35.0 Å². The third-order valence-electron chi connectivity index (χ3n) is 3.30. The first kappa shape index (κ1) is 14.7. The average molecular weight is 330 g/mol. The van der Waals surface area contributed by atoms with Gasteiger partial charge in [-0.1, -0.05) is 6.92 Å². The number of alkyl halides is 3. The van der Waals surface area contributed by atoms with Crippen LogP contribution in [0.3, 0.4) is 0 Å². The molecule has 7 heteroatoms. The number of aromatic nitrogens is 1. The summed E-state index contributed by atoms with van der Waals surface area (Å²) in [6, 6.07) is 4.65. The molecular formula is C14H13F3N2S2. The Labute approximate surface area is 128 Å². The van der Waals surface area contributed by atoms with E-state index in [1.54, 1.807) is 11.3 Å². The van der Waals surface area contributed by atoms with E-state index in [0.29, 0.717) is 10.9 Å². The number of fused-ring (bicyclic) bond motifs is 1. The molecular weight excluding hydrogens is 317 g/mol. The second-order valence-electron chi connectivity index (χ2n) is 4.95. The highest BCUT2D eigenvalue weighted by atomic mass is 32.2. The number of nitrogens with one attached hydrogen (secondary N) is 1. The Bertz CT molecular complexity index is 622. The normalized spacial score (nSPS) is 21.9. The van der Waals surface area contributed by atoms with Gasteiger partial charge in [0.15, 0.2) is 0 Å². The zero-order valence-corrected chi connectivity index (χ0v) is 12.8. The lowest BCUT2D eigenvalue weighted by atomic mass is 10.0. The summed E-state index contributed by atoms with van der Waals surface area (Å²) in [5.41, 5.74) is 0.976. The van der Waals surface area contributed by atoms with E-state index >= 15 is 0 Å². The fourth-order valence-electron chi connectivity index (χ4n) is 2.33. The first-order valence-corrected chi connectivity index (χ1v) is 8.23. The molecule has 0 spiro atoms. The van der Waals surface area contributed by atoms with Crippen molar-refractivity contribution in [3.8, 4) is 0 Å². The van der Waals surface area contributed by atoms with Gasteiger partial charge in [0.1, 0.15) is 5.69 Å². The SMILES string of the molecule is C[C@H]1CC(Nc2ccc(C(F)(F)F)nc2)c2ccsc2S1. The van der Waals surface area contributed by atoms with Crippen molar-refractivity contribution in [3.63, 3.8) is 0 Å². The minimum atomic E-state index is -4.39. The number of hydrogen-bond donors (Lipinski definition) is 1. The molecule has 0 saturated carbocycles. The molecule has 3 rings (SSSR count). The van der Waals surface area contributed by atoms with Crippen LogP contribution in [-0.4, -0.2) is 10.2 Å². The van der Waals surface area contributed by atoms with E-state index < -0.39 is 11.9 Å². The molecule has 0 aromatic carbocycles. The smallest absolute Gasteiger partial charge is 0.377 e. The van der Waals surface area contributed by atoms with Gasteiger partial charge < -0.3 is 5.32 Å². The molecule has 1 aliphatic heterocycles. The molecule has 0 fully saturated rings. The maximum Gasteiger partial charge on any atom is 0.433 e. The van der Waals surface area contributed by atoms with Gasteiger partial charge in [-0.15, -0.1) is 23.1 Å². The fourth-order valence-corrected chi connectivity index (χ4v) is 4.90. The van der Waals surface area contributed by atoms with Crippen LogP contribution in [0.2, 0.25) is 0 Å². The number of rotatable bonds is 2. The van der Waals surface area contributed by atoms with Crippen LogP contribution in [0.15, 0.2) is 34.0 Å². The van der Waals surface area contributed by atoms with Gasteiger partial charge in [0.2, 0.25) is 0 Å². The van der Waals surface area contributed by atoms with Crippen molar-refractivity contribution in [1.82, 2.24) is 4.98 Å². The van der Waals surface area contributed by atoms with Gasteiger partial charge in [-0.25, -0.2) is 4.98 Å². The molecule has 0 aliphatic carbocycles. The van der Waals surface area contributed by atoms with Gasteiger partial charge in [-0.3, -0.25) is 0 Å². The summed E-state index contributed by atoms with van der Waals surface area (Å²) in [5, 5.41) is 5.83. The minimum absolute atomic E-state index is 0.126. The summed E-state index contributed by atoms with van der Waals surface area (Å²) in [5.74, 6) is 0. The second kappa shape index (κ2) is 5.53. The average Bonchev–Trinajstić information content (AvgIpc) is 2.86. The largest absolute Gasteiger partial charge is 0.433 e. The lowest BCUT2D eigenvalue weighted by molar-refractivity contribution is -0.141. The highest BCUT2D eigenvalue weighted by Gasteiger charge is 2.32. The third-order valence-corrected chi connectivity index (χ3v) is 5.65. The van der Waals surface area contributed by atoms with Gasteiger partial charge >= 0.3 is 6.18 Å². The van der Waals surface area contributed by atoms with Gasteiger partial charge in [-0.2, -0.15) is 13.2 Å². The maximum atomic E-state index is 12.5. The summed E-state index contributed by atoms with van der Waals surface area (Å²) < 4.78 is 38.8. The molecule has 0 radical (unpaired) electrons. The number of anilines is 1. The molecule has 0 amide bonds.